The van der Waals surface area contributed by atoms with Crippen molar-refractivity contribution in [2.24, 2.45) is 0 Å². The molecule has 1 amide bonds. The first-order valence-corrected chi connectivity index (χ1v) is 8.34. The molecule has 2 aromatic carbocycles. The molecule has 0 saturated carbocycles. The summed E-state index contributed by atoms with van der Waals surface area (Å²) in [6, 6.07) is 21.7. The SMILES string of the molecule is CC(C)N(Cc1ccccc1)C(=O)/C(C#N)=C\NCc1ccccc1. The maximum Gasteiger partial charge on any atom is 0.266 e. The molecule has 0 saturated heterocycles. The van der Waals surface area contributed by atoms with Crippen molar-refractivity contribution in [2.75, 3.05) is 0 Å². The van der Waals surface area contributed by atoms with Crippen molar-refractivity contribution in [1.29, 1.82) is 5.26 Å². The zero-order valence-corrected chi connectivity index (χ0v) is 14.6. The Balaban J connectivity index is 2.07. The maximum atomic E-state index is 12.8. The van der Waals surface area contributed by atoms with E-state index in [-0.39, 0.29) is 17.5 Å². The van der Waals surface area contributed by atoms with Crippen LogP contribution < -0.4 is 5.32 Å². The normalized spacial score (nSPS) is 11.0. The molecule has 0 radical (unpaired) electrons. The number of hydrogen-bond acceptors (Lipinski definition) is 3. The zero-order chi connectivity index (χ0) is 18.1. The van der Waals surface area contributed by atoms with Gasteiger partial charge in [-0.2, -0.15) is 5.26 Å². The van der Waals surface area contributed by atoms with E-state index in [1.54, 1.807) is 4.90 Å². The molecule has 25 heavy (non-hydrogen) atoms. The molecule has 0 aliphatic heterocycles. The highest BCUT2D eigenvalue weighted by Gasteiger charge is 2.21. The van der Waals surface area contributed by atoms with Crippen LogP contribution in [0, 0.1) is 11.3 Å². The molecule has 1 N–H and O–H groups in total. The second-order valence-corrected chi connectivity index (χ2v) is 6.05. The van der Waals surface area contributed by atoms with Crippen LogP contribution in [0.2, 0.25) is 0 Å². The molecule has 0 aliphatic carbocycles. The molecule has 0 spiro atoms. The van der Waals surface area contributed by atoms with Gasteiger partial charge in [0.1, 0.15) is 11.6 Å². The van der Waals surface area contributed by atoms with Crippen LogP contribution in [0.1, 0.15) is 25.0 Å². The van der Waals surface area contributed by atoms with Gasteiger partial charge in [0.2, 0.25) is 0 Å². The number of rotatable bonds is 7. The lowest BCUT2D eigenvalue weighted by molar-refractivity contribution is -0.129. The fourth-order valence-corrected chi connectivity index (χ4v) is 2.43. The lowest BCUT2D eigenvalue weighted by Crippen LogP contribution is -2.37. The minimum atomic E-state index is -0.262. The largest absolute Gasteiger partial charge is 0.386 e. The minimum Gasteiger partial charge on any atom is -0.386 e. The van der Waals surface area contributed by atoms with Gasteiger partial charge in [-0.1, -0.05) is 60.7 Å². The minimum absolute atomic E-state index is 0.00132. The smallest absolute Gasteiger partial charge is 0.266 e. The third-order valence-electron chi connectivity index (χ3n) is 3.83. The van der Waals surface area contributed by atoms with Crippen LogP contribution in [0.15, 0.2) is 72.4 Å². The first-order valence-electron chi connectivity index (χ1n) is 8.34. The number of benzene rings is 2. The second-order valence-electron chi connectivity index (χ2n) is 6.05. The monoisotopic (exact) mass is 333 g/mol. The molecule has 0 aromatic heterocycles. The Hall–Kier alpha value is -3.06. The summed E-state index contributed by atoms with van der Waals surface area (Å²) in [6.07, 6.45) is 1.51. The number of carbonyl (C=O) groups excluding carboxylic acids is 1. The first kappa shape index (κ1) is 18.3. The molecule has 0 bridgehead atoms. The highest BCUT2D eigenvalue weighted by atomic mass is 16.2. The lowest BCUT2D eigenvalue weighted by atomic mass is 10.1. The molecule has 0 atom stereocenters. The summed E-state index contributed by atoms with van der Waals surface area (Å²) in [7, 11) is 0. The summed E-state index contributed by atoms with van der Waals surface area (Å²) in [6.45, 7) is 4.95. The Bertz CT molecular complexity index is 746. The van der Waals surface area contributed by atoms with Gasteiger partial charge in [0.15, 0.2) is 0 Å². The van der Waals surface area contributed by atoms with E-state index in [1.165, 1.54) is 6.20 Å². The third-order valence-corrected chi connectivity index (χ3v) is 3.83. The van der Waals surface area contributed by atoms with Crippen LogP contribution in [-0.4, -0.2) is 16.8 Å². The van der Waals surface area contributed by atoms with Gasteiger partial charge < -0.3 is 10.2 Å². The van der Waals surface area contributed by atoms with Gasteiger partial charge in [0, 0.05) is 25.3 Å². The quantitative estimate of drug-likeness (QED) is 0.622. The predicted octanol–water partition coefficient (Wildman–Crippen LogP) is 3.62. The van der Waals surface area contributed by atoms with Crippen molar-refractivity contribution in [1.82, 2.24) is 10.2 Å². The molecule has 4 nitrogen and oxygen atoms in total. The number of nitriles is 1. The molecule has 2 rings (SSSR count). The first-order chi connectivity index (χ1) is 12.1. The van der Waals surface area contributed by atoms with Gasteiger partial charge >= 0.3 is 0 Å². The van der Waals surface area contributed by atoms with Crippen LogP contribution in [0.4, 0.5) is 0 Å². The van der Waals surface area contributed by atoms with Crippen molar-refractivity contribution in [3.05, 3.63) is 83.6 Å². The Kier molecular flexibility index (Phi) is 6.79. The van der Waals surface area contributed by atoms with Crippen molar-refractivity contribution in [2.45, 2.75) is 33.0 Å². The van der Waals surface area contributed by atoms with Crippen LogP contribution in [0.3, 0.4) is 0 Å². The van der Waals surface area contributed by atoms with E-state index in [0.717, 1.165) is 11.1 Å². The molecule has 0 fully saturated rings. The molecule has 0 unspecified atom stereocenters. The summed E-state index contributed by atoms with van der Waals surface area (Å²) in [5.41, 5.74) is 2.24. The standard InChI is InChI=1S/C21H23N3O/c1-17(2)24(16-19-11-7-4-8-12-19)21(25)20(13-22)15-23-14-18-9-5-3-6-10-18/h3-12,15,17,23H,14,16H2,1-2H3/b20-15-. The Morgan fingerprint density at radius 2 is 1.64 bits per heavy atom. The lowest BCUT2D eigenvalue weighted by Gasteiger charge is -2.26. The maximum absolute atomic E-state index is 12.8. The fourth-order valence-electron chi connectivity index (χ4n) is 2.43. The molecular formula is C21H23N3O. The average Bonchev–Trinajstić information content (AvgIpc) is 2.64. The van der Waals surface area contributed by atoms with Crippen LogP contribution in [0.5, 0.6) is 0 Å². The van der Waals surface area contributed by atoms with E-state index in [4.69, 9.17) is 0 Å². The van der Waals surface area contributed by atoms with Crippen molar-refractivity contribution < 1.29 is 4.79 Å². The van der Waals surface area contributed by atoms with Gasteiger partial charge in [-0.25, -0.2) is 0 Å². The molecule has 128 valence electrons. The second kappa shape index (κ2) is 9.29. The van der Waals surface area contributed by atoms with E-state index >= 15 is 0 Å². The molecule has 0 aliphatic rings. The van der Waals surface area contributed by atoms with Crippen molar-refractivity contribution in [3.63, 3.8) is 0 Å². The number of hydrogen-bond donors (Lipinski definition) is 1. The van der Waals surface area contributed by atoms with E-state index < -0.39 is 0 Å². The molecule has 2 aromatic rings. The van der Waals surface area contributed by atoms with Crippen molar-refractivity contribution >= 4 is 5.91 Å². The van der Waals surface area contributed by atoms with Crippen LogP contribution in [0.25, 0.3) is 0 Å². The average molecular weight is 333 g/mol. The topological polar surface area (TPSA) is 56.1 Å². The van der Waals surface area contributed by atoms with Gasteiger partial charge in [-0.05, 0) is 25.0 Å². The summed E-state index contributed by atoms with van der Waals surface area (Å²) in [4.78, 5) is 14.5. The van der Waals surface area contributed by atoms with Gasteiger partial charge in [0.05, 0.1) is 0 Å². The third kappa shape index (κ3) is 5.50. The van der Waals surface area contributed by atoms with Crippen molar-refractivity contribution in [3.8, 4) is 6.07 Å². The van der Waals surface area contributed by atoms with Gasteiger partial charge in [0.25, 0.3) is 5.91 Å². The number of nitrogens with zero attached hydrogens (tertiary/aromatic N) is 2. The summed E-state index contributed by atoms with van der Waals surface area (Å²) in [5, 5.41) is 12.4. The Morgan fingerprint density at radius 1 is 1.08 bits per heavy atom. The molecule has 0 heterocycles. The van der Waals surface area contributed by atoms with E-state index in [2.05, 4.69) is 5.32 Å². The predicted molar refractivity (Wildman–Crippen MR) is 99.1 cm³/mol. The van der Waals surface area contributed by atoms with Crippen LogP contribution >= 0.6 is 0 Å². The fraction of sp³-hybridized carbons (Fsp3) is 0.238. The number of carbonyl (C=O) groups is 1. The summed E-state index contributed by atoms with van der Waals surface area (Å²) < 4.78 is 0. The van der Waals surface area contributed by atoms with Gasteiger partial charge in [-0.3, -0.25) is 4.79 Å². The Labute approximate surface area is 149 Å². The summed E-state index contributed by atoms with van der Waals surface area (Å²) in [5.74, 6) is -0.262. The van der Waals surface area contributed by atoms with E-state index in [0.29, 0.717) is 13.1 Å². The molecular weight excluding hydrogens is 310 g/mol. The van der Waals surface area contributed by atoms with Crippen LogP contribution in [-0.2, 0) is 17.9 Å². The van der Waals surface area contributed by atoms with E-state index in [9.17, 15) is 10.1 Å². The van der Waals surface area contributed by atoms with E-state index in [1.807, 2.05) is 80.6 Å². The van der Waals surface area contributed by atoms with Gasteiger partial charge in [-0.15, -0.1) is 0 Å². The number of nitrogens with one attached hydrogen (secondary N) is 1. The molecule has 4 heteroatoms. The highest BCUT2D eigenvalue weighted by Crippen LogP contribution is 2.12. The highest BCUT2D eigenvalue weighted by molar-refractivity contribution is 5.97. The summed E-state index contributed by atoms with van der Waals surface area (Å²) >= 11 is 0. The zero-order valence-electron chi connectivity index (χ0n) is 14.6. The number of amides is 1. The Morgan fingerprint density at radius 3 is 2.16 bits per heavy atom.